The quantitative estimate of drug-likeness (QED) is 0.836. The highest BCUT2D eigenvalue weighted by atomic mass is 32.2. The monoisotopic (exact) mass is 297 g/mol. The maximum atomic E-state index is 13.2. The van der Waals surface area contributed by atoms with Gasteiger partial charge >= 0.3 is 0 Å². The second kappa shape index (κ2) is 5.87. The van der Waals surface area contributed by atoms with Gasteiger partial charge in [-0.3, -0.25) is 4.90 Å². The third-order valence-corrected chi connectivity index (χ3v) is 5.34. The van der Waals surface area contributed by atoms with Gasteiger partial charge in [-0.05, 0) is 25.1 Å². The van der Waals surface area contributed by atoms with Gasteiger partial charge in [0.25, 0.3) is 0 Å². The van der Waals surface area contributed by atoms with E-state index in [1.54, 1.807) is 6.92 Å². The summed E-state index contributed by atoms with van der Waals surface area (Å²) in [6, 6.07) is 6.93. The number of sulfonamides is 1. The summed E-state index contributed by atoms with van der Waals surface area (Å²) < 4.78 is 39.2. The molecule has 0 aromatic heterocycles. The number of piperazine rings is 1. The molecule has 0 amide bonds. The highest BCUT2D eigenvalue weighted by molar-refractivity contribution is 7.89. The first kappa shape index (κ1) is 14.9. The zero-order valence-electron chi connectivity index (χ0n) is 11.2. The highest BCUT2D eigenvalue weighted by Gasteiger charge is 2.30. The van der Waals surface area contributed by atoms with Crippen molar-refractivity contribution in [3.8, 4) is 6.07 Å². The maximum absolute atomic E-state index is 13.2. The average molecular weight is 297 g/mol. The molecule has 0 spiro atoms. The lowest BCUT2D eigenvalue weighted by atomic mass is 10.2. The van der Waals surface area contributed by atoms with Crippen LogP contribution in [0.5, 0.6) is 0 Å². The number of hydrogen-bond acceptors (Lipinski definition) is 4. The fourth-order valence-corrected chi connectivity index (χ4v) is 3.64. The standard InChI is InChI=1S/C13H16FN3O2S/c1-11(10-15)16-5-7-17(8-6-16)20(18,19)13-4-2-3-12(14)9-13/h2-4,9,11H,5-8H2,1H3/t11-/m0/s1. The van der Waals surface area contributed by atoms with Crippen molar-refractivity contribution in [2.24, 2.45) is 0 Å². The van der Waals surface area contributed by atoms with Crippen LogP contribution in [-0.2, 0) is 10.0 Å². The van der Waals surface area contributed by atoms with Crippen molar-refractivity contribution in [3.63, 3.8) is 0 Å². The minimum atomic E-state index is -3.66. The molecule has 2 rings (SSSR count). The van der Waals surface area contributed by atoms with E-state index in [0.29, 0.717) is 26.2 Å². The van der Waals surface area contributed by atoms with E-state index in [1.165, 1.54) is 22.5 Å². The maximum Gasteiger partial charge on any atom is 0.243 e. The number of nitriles is 1. The summed E-state index contributed by atoms with van der Waals surface area (Å²) >= 11 is 0. The zero-order valence-corrected chi connectivity index (χ0v) is 12.0. The van der Waals surface area contributed by atoms with Crippen molar-refractivity contribution in [1.29, 1.82) is 5.26 Å². The number of rotatable bonds is 3. The van der Waals surface area contributed by atoms with Gasteiger partial charge in [0.1, 0.15) is 5.82 Å². The fourth-order valence-electron chi connectivity index (χ4n) is 2.19. The van der Waals surface area contributed by atoms with Crippen LogP contribution in [0, 0.1) is 17.1 Å². The summed E-state index contributed by atoms with van der Waals surface area (Å²) in [5.74, 6) is -0.567. The molecule has 0 unspecified atom stereocenters. The van der Waals surface area contributed by atoms with Crippen LogP contribution in [0.3, 0.4) is 0 Å². The molecule has 1 aromatic carbocycles. The zero-order chi connectivity index (χ0) is 14.8. The molecule has 0 bridgehead atoms. The van der Waals surface area contributed by atoms with Crippen molar-refractivity contribution in [3.05, 3.63) is 30.1 Å². The molecule has 1 fully saturated rings. The summed E-state index contributed by atoms with van der Waals surface area (Å²) in [7, 11) is -3.66. The van der Waals surface area contributed by atoms with Gasteiger partial charge in [-0.2, -0.15) is 9.57 Å². The summed E-state index contributed by atoms with van der Waals surface area (Å²) in [5.41, 5.74) is 0. The van der Waals surface area contributed by atoms with E-state index in [9.17, 15) is 12.8 Å². The van der Waals surface area contributed by atoms with Gasteiger partial charge in [0.2, 0.25) is 10.0 Å². The van der Waals surface area contributed by atoms with Gasteiger partial charge in [-0.1, -0.05) is 6.07 Å². The molecule has 1 heterocycles. The SMILES string of the molecule is C[C@@H](C#N)N1CCN(S(=O)(=O)c2cccc(F)c2)CC1. The van der Waals surface area contributed by atoms with Gasteiger partial charge < -0.3 is 0 Å². The lowest BCUT2D eigenvalue weighted by Crippen LogP contribution is -2.50. The molecule has 1 aliphatic heterocycles. The molecule has 5 nitrogen and oxygen atoms in total. The predicted octanol–water partition coefficient (Wildman–Crippen LogP) is 1.04. The topological polar surface area (TPSA) is 64.4 Å². The molecule has 0 radical (unpaired) electrons. The smallest absolute Gasteiger partial charge is 0.243 e. The van der Waals surface area contributed by atoms with Crippen LogP contribution in [0.4, 0.5) is 4.39 Å². The largest absolute Gasteiger partial charge is 0.286 e. The summed E-state index contributed by atoms with van der Waals surface area (Å²) in [6.45, 7) is 3.42. The van der Waals surface area contributed by atoms with Crippen molar-refractivity contribution in [2.45, 2.75) is 17.9 Å². The first-order valence-corrected chi connectivity index (χ1v) is 7.78. The van der Waals surface area contributed by atoms with Gasteiger partial charge in [0, 0.05) is 26.2 Å². The van der Waals surface area contributed by atoms with Crippen LogP contribution in [0.15, 0.2) is 29.2 Å². The van der Waals surface area contributed by atoms with Crippen LogP contribution in [0.2, 0.25) is 0 Å². The van der Waals surface area contributed by atoms with Crippen LogP contribution in [0.25, 0.3) is 0 Å². The van der Waals surface area contributed by atoms with E-state index in [0.717, 1.165) is 6.07 Å². The van der Waals surface area contributed by atoms with E-state index in [-0.39, 0.29) is 10.9 Å². The van der Waals surface area contributed by atoms with Gasteiger partial charge in [-0.15, -0.1) is 0 Å². The van der Waals surface area contributed by atoms with Crippen molar-refractivity contribution in [1.82, 2.24) is 9.21 Å². The van der Waals surface area contributed by atoms with Crippen LogP contribution in [0.1, 0.15) is 6.92 Å². The van der Waals surface area contributed by atoms with E-state index >= 15 is 0 Å². The number of nitrogens with zero attached hydrogens (tertiary/aromatic N) is 3. The fraction of sp³-hybridized carbons (Fsp3) is 0.462. The Hall–Kier alpha value is -1.49. The molecule has 0 saturated carbocycles. The molecule has 7 heteroatoms. The lowest BCUT2D eigenvalue weighted by molar-refractivity contribution is 0.169. The molecule has 1 aliphatic rings. The number of halogens is 1. The second-order valence-electron chi connectivity index (χ2n) is 4.70. The Morgan fingerprint density at radius 2 is 1.95 bits per heavy atom. The second-order valence-corrected chi connectivity index (χ2v) is 6.64. The van der Waals surface area contributed by atoms with Crippen LogP contribution < -0.4 is 0 Å². The molecule has 1 saturated heterocycles. The van der Waals surface area contributed by atoms with E-state index in [4.69, 9.17) is 5.26 Å². The Balaban J connectivity index is 2.12. The van der Waals surface area contributed by atoms with Gasteiger partial charge in [-0.25, -0.2) is 12.8 Å². The average Bonchev–Trinajstić information content (AvgIpc) is 2.46. The van der Waals surface area contributed by atoms with E-state index in [2.05, 4.69) is 6.07 Å². The van der Waals surface area contributed by atoms with Crippen molar-refractivity contribution >= 4 is 10.0 Å². The normalized spacial score (nSPS) is 19.4. The molecule has 108 valence electrons. The lowest BCUT2D eigenvalue weighted by Gasteiger charge is -2.35. The van der Waals surface area contributed by atoms with Gasteiger partial charge in [0.15, 0.2) is 0 Å². The first-order valence-electron chi connectivity index (χ1n) is 6.34. The third-order valence-electron chi connectivity index (χ3n) is 3.44. The minimum absolute atomic E-state index is 0.0284. The predicted molar refractivity (Wildman–Crippen MR) is 71.8 cm³/mol. The molecular formula is C13H16FN3O2S. The van der Waals surface area contributed by atoms with Crippen molar-refractivity contribution in [2.75, 3.05) is 26.2 Å². The molecular weight excluding hydrogens is 281 g/mol. The third kappa shape index (κ3) is 2.98. The van der Waals surface area contributed by atoms with Crippen LogP contribution in [-0.4, -0.2) is 49.8 Å². The molecule has 0 aliphatic carbocycles. The summed E-state index contributed by atoms with van der Waals surface area (Å²) in [4.78, 5) is 1.90. The Bertz CT molecular complexity index is 619. The Morgan fingerprint density at radius 3 is 2.50 bits per heavy atom. The van der Waals surface area contributed by atoms with Gasteiger partial charge in [0.05, 0.1) is 17.0 Å². The summed E-state index contributed by atoms with van der Waals surface area (Å²) in [6.07, 6.45) is 0. The summed E-state index contributed by atoms with van der Waals surface area (Å²) in [5, 5.41) is 8.86. The number of hydrogen-bond donors (Lipinski definition) is 0. The Kier molecular flexibility index (Phi) is 4.38. The molecule has 1 atom stereocenters. The Labute approximate surface area is 118 Å². The molecule has 0 N–H and O–H groups in total. The van der Waals surface area contributed by atoms with Crippen LogP contribution >= 0.6 is 0 Å². The molecule has 1 aromatic rings. The van der Waals surface area contributed by atoms with E-state index < -0.39 is 15.8 Å². The highest BCUT2D eigenvalue weighted by Crippen LogP contribution is 2.19. The Morgan fingerprint density at radius 1 is 1.30 bits per heavy atom. The molecule has 20 heavy (non-hydrogen) atoms. The first-order chi connectivity index (χ1) is 9.45. The van der Waals surface area contributed by atoms with E-state index in [1.807, 2.05) is 4.90 Å². The minimum Gasteiger partial charge on any atom is -0.286 e. The van der Waals surface area contributed by atoms with Crippen molar-refractivity contribution < 1.29 is 12.8 Å². The number of benzene rings is 1.